The van der Waals surface area contributed by atoms with E-state index in [1.807, 2.05) is 6.92 Å². The largest absolute Gasteiger partial charge is 0.478 e. The minimum absolute atomic E-state index is 0.0194. The molecule has 5 nitrogen and oxygen atoms in total. The van der Waals surface area contributed by atoms with Crippen LogP contribution >= 0.6 is 0 Å². The Labute approximate surface area is 76.4 Å². The average molecular weight is 180 g/mol. The molecule has 13 heavy (non-hydrogen) atoms. The lowest BCUT2D eigenvalue weighted by Crippen LogP contribution is -2.21. The Morgan fingerprint density at radius 1 is 1.54 bits per heavy atom. The van der Waals surface area contributed by atoms with Crippen LogP contribution < -0.4 is 16.2 Å². The smallest absolute Gasteiger partial charge is 0.213 e. The van der Waals surface area contributed by atoms with E-state index < -0.39 is 0 Å². The molecule has 0 saturated heterocycles. The summed E-state index contributed by atoms with van der Waals surface area (Å²) in [4.78, 5) is 7.80. The molecule has 0 aromatic carbocycles. The lowest BCUT2D eigenvalue weighted by molar-refractivity contribution is 0.327. The zero-order valence-corrected chi connectivity index (χ0v) is 7.40. The Kier molecular flexibility index (Phi) is 3.08. The zero-order valence-electron chi connectivity index (χ0n) is 7.40. The second kappa shape index (κ2) is 4.30. The van der Waals surface area contributed by atoms with Crippen molar-refractivity contribution in [2.45, 2.75) is 6.92 Å². The summed E-state index contributed by atoms with van der Waals surface area (Å²) in [5, 5.41) is 0. The van der Waals surface area contributed by atoms with Gasteiger partial charge in [-0.1, -0.05) is 0 Å². The molecule has 0 saturated carbocycles. The van der Waals surface area contributed by atoms with Crippen molar-refractivity contribution in [3.8, 4) is 5.88 Å². The first-order chi connectivity index (χ1) is 6.22. The fourth-order valence-electron chi connectivity index (χ4n) is 0.821. The summed E-state index contributed by atoms with van der Waals surface area (Å²) in [6, 6.07) is 3.45. The van der Waals surface area contributed by atoms with E-state index in [0.717, 1.165) is 0 Å². The molecule has 0 aliphatic rings. The molecule has 1 aromatic rings. The highest BCUT2D eigenvalue weighted by molar-refractivity contribution is 5.78. The molecule has 0 radical (unpaired) electrons. The van der Waals surface area contributed by atoms with E-state index >= 15 is 0 Å². The van der Waals surface area contributed by atoms with Gasteiger partial charge in [0, 0.05) is 6.07 Å². The van der Waals surface area contributed by atoms with Crippen molar-refractivity contribution < 1.29 is 4.74 Å². The lowest BCUT2D eigenvalue weighted by atomic mass is 10.4. The van der Waals surface area contributed by atoms with Gasteiger partial charge in [-0.05, 0) is 13.0 Å². The van der Waals surface area contributed by atoms with Crippen molar-refractivity contribution in [2.24, 2.45) is 16.5 Å². The van der Waals surface area contributed by atoms with E-state index in [4.69, 9.17) is 16.2 Å². The highest BCUT2D eigenvalue weighted by Gasteiger charge is 1.94. The Hall–Kier alpha value is -1.78. The van der Waals surface area contributed by atoms with Crippen LogP contribution in [0.3, 0.4) is 0 Å². The fraction of sp³-hybridized carbons (Fsp3) is 0.250. The van der Waals surface area contributed by atoms with Gasteiger partial charge in [0.2, 0.25) is 5.88 Å². The third-order valence-electron chi connectivity index (χ3n) is 1.27. The highest BCUT2D eigenvalue weighted by atomic mass is 16.5. The molecular weight excluding hydrogens is 168 g/mol. The molecule has 1 aromatic heterocycles. The summed E-state index contributed by atoms with van der Waals surface area (Å²) in [5.41, 5.74) is 11.0. The lowest BCUT2D eigenvalue weighted by Gasteiger charge is -2.00. The van der Waals surface area contributed by atoms with Gasteiger partial charge in [-0.15, -0.1) is 0 Å². The number of hydrogen-bond donors (Lipinski definition) is 2. The Bertz CT molecular complexity index is 290. The molecule has 0 atom stereocenters. The third-order valence-corrected chi connectivity index (χ3v) is 1.27. The standard InChI is InChI=1S/C8H12N4O/c1-2-13-7-4-3-6(5-11-7)12-8(9)10/h3-5H,2H2,1H3,(H4,9,10,12). The summed E-state index contributed by atoms with van der Waals surface area (Å²) < 4.78 is 5.14. The third kappa shape index (κ3) is 2.98. The number of ether oxygens (including phenoxy) is 1. The van der Waals surface area contributed by atoms with Crippen molar-refractivity contribution in [3.63, 3.8) is 0 Å². The molecular formula is C8H12N4O. The van der Waals surface area contributed by atoms with Gasteiger partial charge in [0.05, 0.1) is 18.5 Å². The normalized spacial score (nSPS) is 9.31. The van der Waals surface area contributed by atoms with Gasteiger partial charge in [-0.25, -0.2) is 9.98 Å². The second-order valence-electron chi connectivity index (χ2n) is 2.32. The topological polar surface area (TPSA) is 86.5 Å². The van der Waals surface area contributed by atoms with Gasteiger partial charge in [0.15, 0.2) is 5.96 Å². The molecule has 5 heteroatoms. The van der Waals surface area contributed by atoms with Crippen LogP contribution in [0.5, 0.6) is 5.88 Å². The molecule has 0 aliphatic carbocycles. The molecule has 0 aliphatic heterocycles. The molecule has 0 amide bonds. The van der Waals surface area contributed by atoms with E-state index in [2.05, 4.69) is 9.98 Å². The van der Waals surface area contributed by atoms with Crippen LogP contribution in [0.1, 0.15) is 6.92 Å². The fourth-order valence-corrected chi connectivity index (χ4v) is 0.821. The van der Waals surface area contributed by atoms with Gasteiger partial charge in [0.25, 0.3) is 0 Å². The first-order valence-electron chi connectivity index (χ1n) is 3.91. The van der Waals surface area contributed by atoms with Crippen LogP contribution in [0, 0.1) is 0 Å². The monoisotopic (exact) mass is 180 g/mol. The van der Waals surface area contributed by atoms with Gasteiger partial charge >= 0.3 is 0 Å². The van der Waals surface area contributed by atoms with E-state index in [-0.39, 0.29) is 5.96 Å². The number of guanidine groups is 1. The minimum Gasteiger partial charge on any atom is -0.478 e. The predicted molar refractivity (Wildman–Crippen MR) is 50.9 cm³/mol. The van der Waals surface area contributed by atoms with E-state index in [0.29, 0.717) is 18.2 Å². The van der Waals surface area contributed by atoms with E-state index in [1.54, 1.807) is 18.3 Å². The number of rotatable bonds is 3. The van der Waals surface area contributed by atoms with Crippen molar-refractivity contribution in [2.75, 3.05) is 6.61 Å². The number of aliphatic imine (C=N–C) groups is 1. The SMILES string of the molecule is CCOc1ccc(N=C(N)N)cn1. The molecule has 0 bridgehead atoms. The summed E-state index contributed by atoms with van der Waals surface area (Å²) in [6.07, 6.45) is 1.55. The molecule has 1 heterocycles. The van der Waals surface area contributed by atoms with Crippen molar-refractivity contribution >= 4 is 11.6 Å². The van der Waals surface area contributed by atoms with E-state index in [1.165, 1.54) is 0 Å². The van der Waals surface area contributed by atoms with Gasteiger partial charge in [-0.2, -0.15) is 0 Å². The number of nitrogens with zero attached hydrogens (tertiary/aromatic N) is 2. The molecule has 70 valence electrons. The summed E-state index contributed by atoms with van der Waals surface area (Å²) in [7, 11) is 0. The number of nitrogens with two attached hydrogens (primary N) is 2. The minimum atomic E-state index is 0.0194. The summed E-state index contributed by atoms with van der Waals surface area (Å²) in [5.74, 6) is 0.586. The van der Waals surface area contributed by atoms with Crippen LogP contribution in [-0.2, 0) is 0 Å². The molecule has 0 fully saturated rings. The average Bonchev–Trinajstić information content (AvgIpc) is 2.08. The number of hydrogen-bond acceptors (Lipinski definition) is 3. The van der Waals surface area contributed by atoms with Crippen LogP contribution in [-0.4, -0.2) is 17.6 Å². The summed E-state index contributed by atoms with van der Waals surface area (Å²) in [6.45, 7) is 2.49. The van der Waals surface area contributed by atoms with Gasteiger partial charge in [-0.3, -0.25) is 0 Å². The molecule has 0 spiro atoms. The van der Waals surface area contributed by atoms with Crippen molar-refractivity contribution in [1.29, 1.82) is 0 Å². The Morgan fingerprint density at radius 3 is 2.77 bits per heavy atom. The first-order valence-corrected chi connectivity index (χ1v) is 3.91. The Morgan fingerprint density at radius 2 is 2.31 bits per heavy atom. The van der Waals surface area contributed by atoms with Crippen LogP contribution in [0.15, 0.2) is 23.3 Å². The molecule has 1 rings (SSSR count). The maximum absolute atomic E-state index is 5.19. The van der Waals surface area contributed by atoms with Crippen LogP contribution in [0.25, 0.3) is 0 Å². The predicted octanol–water partition coefficient (Wildman–Crippen LogP) is 0.385. The van der Waals surface area contributed by atoms with Crippen LogP contribution in [0.4, 0.5) is 5.69 Å². The van der Waals surface area contributed by atoms with Gasteiger partial charge in [0.1, 0.15) is 0 Å². The zero-order chi connectivity index (χ0) is 9.68. The maximum Gasteiger partial charge on any atom is 0.213 e. The number of pyridine rings is 1. The quantitative estimate of drug-likeness (QED) is 0.520. The molecule has 4 N–H and O–H groups in total. The molecule has 0 unspecified atom stereocenters. The number of aromatic nitrogens is 1. The van der Waals surface area contributed by atoms with Crippen LogP contribution in [0.2, 0.25) is 0 Å². The van der Waals surface area contributed by atoms with E-state index in [9.17, 15) is 0 Å². The van der Waals surface area contributed by atoms with Crippen molar-refractivity contribution in [3.05, 3.63) is 18.3 Å². The first kappa shape index (κ1) is 9.31. The second-order valence-corrected chi connectivity index (χ2v) is 2.32. The maximum atomic E-state index is 5.19. The summed E-state index contributed by atoms with van der Waals surface area (Å²) >= 11 is 0. The highest BCUT2D eigenvalue weighted by Crippen LogP contribution is 2.13. The van der Waals surface area contributed by atoms with Crippen molar-refractivity contribution in [1.82, 2.24) is 4.98 Å². The Balaban J connectivity index is 2.75. The van der Waals surface area contributed by atoms with Gasteiger partial charge < -0.3 is 16.2 Å².